The average Bonchev–Trinajstić information content (AvgIpc) is 2.39. The van der Waals surface area contributed by atoms with E-state index in [9.17, 15) is 18.0 Å². The number of anilines is 1. The highest BCUT2D eigenvalue weighted by Crippen LogP contribution is 2.34. The van der Waals surface area contributed by atoms with E-state index in [1.54, 1.807) is 0 Å². The molecule has 6 heteroatoms. The first-order chi connectivity index (χ1) is 8.98. The van der Waals surface area contributed by atoms with Crippen molar-refractivity contribution in [1.29, 1.82) is 0 Å². The van der Waals surface area contributed by atoms with Gasteiger partial charge in [0.05, 0.1) is 11.3 Å². The van der Waals surface area contributed by atoms with E-state index in [0.717, 1.165) is 6.07 Å². The van der Waals surface area contributed by atoms with Crippen molar-refractivity contribution in [2.45, 2.75) is 6.18 Å². The zero-order valence-corrected chi connectivity index (χ0v) is 9.61. The van der Waals surface area contributed by atoms with Crippen LogP contribution in [0.15, 0.2) is 48.8 Å². The number of halogens is 3. The Balaban J connectivity index is 2.28. The number of rotatable bonds is 2. The summed E-state index contributed by atoms with van der Waals surface area (Å²) in [5, 5.41) is 2.25. The number of hydrogen-bond acceptors (Lipinski definition) is 2. The van der Waals surface area contributed by atoms with Crippen molar-refractivity contribution in [2.24, 2.45) is 0 Å². The molecule has 0 saturated carbocycles. The number of nitrogens with zero attached hydrogens (tertiary/aromatic N) is 1. The van der Waals surface area contributed by atoms with E-state index >= 15 is 0 Å². The number of para-hydroxylation sites is 1. The molecule has 2 aromatic rings. The summed E-state index contributed by atoms with van der Waals surface area (Å²) in [4.78, 5) is 15.5. The normalized spacial score (nSPS) is 11.1. The van der Waals surface area contributed by atoms with Crippen LogP contribution in [0.2, 0.25) is 0 Å². The summed E-state index contributed by atoms with van der Waals surface area (Å²) in [5.41, 5.74) is -0.902. The molecule has 0 aliphatic carbocycles. The van der Waals surface area contributed by atoms with Crippen LogP contribution in [-0.2, 0) is 6.18 Å². The van der Waals surface area contributed by atoms with Gasteiger partial charge in [-0.15, -0.1) is 0 Å². The Kier molecular flexibility index (Phi) is 3.50. The highest BCUT2D eigenvalue weighted by Gasteiger charge is 2.33. The molecular weight excluding hydrogens is 257 g/mol. The highest BCUT2D eigenvalue weighted by molar-refractivity contribution is 6.04. The smallest absolute Gasteiger partial charge is 0.321 e. The lowest BCUT2D eigenvalue weighted by Gasteiger charge is -2.13. The maximum atomic E-state index is 12.7. The number of carbonyl (C=O) groups is 1. The minimum absolute atomic E-state index is 0.243. The Bertz CT molecular complexity index is 582. The lowest BCUT2D eigenvalue weighted by atomic mass is 10.1. The molecule has 0 aliphatic heterocycles. The number of pyridine rings is 1. The Labute approximate surface area is 107 Å². The molecule has 0 fully saturated rings. The lowest BCUT2D eigenvalue weighted by molar-refractivity contribution is -0.136. The maximum absolute atomic E-state index is 12.7. The van der Waals surface area contributed by atoms with Crippen molar-refractivity contribution in [3.8, 4) is 0 Å². The van der Waals surface area contributed by atoms with E-state index in [1.165, 1.54) is 42.7 Å². The van der Waals surface area contributed by atoms with Gasteiger partial charge in [0, 0.05) is 18.0 Å². The largest absolute Gasteiger partial charge is 0.418 e. The van der Waals surface area contributed by atoms with Crippen LogP contribution in [0.4, 0.5) is 18.9 Å². The van der Waals surface area contributed by atoms with Gasteiger partial charge in [0.25, 0.3) is 5.91 Å². The molecule has 98 valence electrons. The number of hydrogen-bond donors (Lipinski definition) is 1. The molecule has 0 bridgehead atoms. The summed E-state index contributed by atoms with van der Waals surface area (Å²) >= 11 is 0. The van der Waals surface area contributed by atoms with Crippen molar-refractivity contribution >= 4 is 11.6 Å². The third kappa shape index (κ3) is 3.09. The molecule has 0 saturated heterocycles. The number of alkyl halides is 3. The van der Waals surface area contributed by atoms with Crippen molar-refractivity contribution in [3.63, 3.8) is 0 Å². The topological polar surface area (TPSA) is 42.0 Å². The van der Waals surface area contributed by atoms with E-state index in [2.05, 4.69) is 10.3 Å². The molecule has 0 unspecified atom stereocenters. The van der Waals surface area contributed by atoms with Crippen LogP contribution in [0.3, 0.4) is 0 Å². The first-order valence-electron chi connectivity index (χ1n) is 5.36. The van der Waals surface area contributed by atoms with Gasteiger partial charge in [0.1, 0.15) is 0 Å². The van der Waals surface area contributed by atoms with Gasteiger partial charge < -0.3 is 5.32 Å². The van der Waals surface area contributed by atoms with Crippen LogP contribution in [0, 0.1) is 0 Å². The average molecular weight is 266 g/mol. The summed E-state index contributed by atoms with van der Waals surface area (Å²) in [6.45, 7) is 0. The molecule has 2 rings (SSSR count). The predicted octanol–water partition coefficient (Wildman–Crippen LogP) is 3.35. The Hall–Kier alpha value is -2.37. The van der Waals surface area contributed by atoms with Gasteiger partial charge in [-0.2, -0.15) is 13.2 Å². The van der Waals surface area contributed by atoms with Crippen molar-refractivity contribution in [3.05, 3.63) is 59.9 Å². The molecule has 1 amide bonds. The number of amides is 1. The van der Waals surface area contributed by atoms with E-state index < -0.39 is 17.6 Å². The van der Waals surface area contributed by atoms with Crippen LogP contribution >= 0.6 is 0 Å². The Morgan fingerprint density at radius 1 is 1.05 bits per heavy atom. The SMILES string of the molecule is O=C(Nc1ccccc1C(F)(F)F)c1ccncc1. The second kappa shape index (κ2) is 5.09. The zero-order valence-electron chi connectivity index (χ0n) is 9.61. The van der Waals surface area contributed by atoms with E-state index in [1.807, 2.05) is 0 Å². The molecule has 1 heterocycles. The highest BCUT2D eigenvalue weighted by atomic mass is 19.4. The minimum Gasteiger partial charge on any atom is -0.321 e. The molecule has 19 heavy (non-hydrogen) atoms. The van der Waals surface area contributed by atoms with Gasteiger partial charge >= 0.3 is 6.18 Å². The molecule has 0 radical (unpaired) electrons. The van der Waals surface area contributed by atoms with E-state index in [-0.39, 0.29) is 11.3 Å². The van der Waals surface area contributed by atoms with Crippen LogP contribution in [-0.4, -0.2) is 10.9 Å². The molecule has 0 spiro atoms. The van der Waals surface area contributed by atoms with Crippen LogP contribution < -0.4 is 5.32 Å². The van der Waals surface area contributed by atoms with Crippen molar-refractivity contribution in [1.82, 2.24) is 4.98 Å². The van der Waals surface area contributed by atoms with Gasteiger partial charge in [0.2, 0.25) is 0 Å². The molecule has 1 aromatic heterocycles. The molecule has 0 atom stereocenters. The minimum atomic E-state index is -4.51. The number of aromatic nitrogens is 1. The summed E-state index contributed by atoms with van der Waals surface area (Å²) in [6.07, 6.45) is -1.72. The molecule has 0 aliphatic rings. The quantitative estimate of drug-likeness (QED) is 0.905. The zero-order chi connectivity index (χ0) is 13.9. The molecule has 3 nitrogen and oxygen atoms in total. The van der Waals surface area contributed by atoms with Crippen LogP contribution in [0.1, 0.15) is 15.9 Å². The van der Waals surface area contributed by atoms with Gasteiger partial charge in [-0.1, -0.05) is 12.1 Å². The van der Waals surface area contributed by atoms with Gasteiger partial charge in [0.15, 0.2) is 0 Å². The number of nitrogens with one attached hydrogen (secondary N) is 1. The van der Waals surface area contributed by atoms with Crippen molar-refractivity contribution in [2.75, 3.05) is 5.32 Å². The Morgan fingerprint density at radius 3 is 2.32 bits per heavy atom. The summed E-state index contributed by atoms with van der Waals surface area (Å²) in [7, 11) is 0. The van der Waals surface area contributed by atoms with Gasteiger partial charge in [-0.25, -0.2) is 0 Å². The third-order valence-corrected chi connectivity index (χ3v) is 2.42. The predicted molar refractivity (Wildman–Crippen MR) is 63.6 cm³/mol. The number of carbonyl (C=O) groups excluding carboxylic acids is 1. The van der Waals surface area contributed by atoms with Crippen LogP contribution in [0.25, 0.3) is 0 Å². The fourth-order valence-electron chi connectivity index (χ4n) is 1.54. The second-order valence-electron chi connectivity index (χ2n) is 3.73. The molecular formula is C13H9F3N2O. The number of benzene rings is 1. The first kappa shape index (κ1) is 13.1. The summed E-state index contributed by atoms with van der Waals surface area (Å²) in [6, 6.07) is 7.67. The van der Waals surface area contributed by atoms with Gasteiger partial charge in [-0.3, -0.25) is 9.78 Å². The van der Waals surface area contributed by atoms with Crippen LogP contribution in [0.5, 0.6) is 0 Å². The second-order valence-corrected chi connectivity index (χ2v) is 3.73. The lowest BCUT2D eigenvalue weighted by Crippen LogP contribution is -2.16. The summed E-state index contributed by atoms with van der Waals surface area (Å²) in [5.74, 6) is -0.612. The first-order valence-corrected chi connectivity index (χ1v) is 5.36. The van der Waals surface area contributed by atoms with Gasteiger partial charge in [-0.05, 0) is 24.3 Å². The van der Waals surface area contributed by atoms with E-state index in [4.69, 9.17) is 0 Å². The van der Waals surface area contributed by atoms with E-state index in [0.29, 0.717) is 0 Å². The third-order valence-electron chi connectivity index (χ3n) is 2.42. The monoisotopic (exact) mass is 266 g/mol. The maximum Gasteiger partial charge on any atom is 0.418 e. The fourth-order valence-corrected chi connectivity index (χ4v) is 1.54. The summed E-state index contributed by atoms with van der Waals surface area (Å²) < 4.78 is 38.2. The Morgan fingerprint density at radius 2 is 1.68 bits per heavy atom. The van der Waals surface area contributed by atoms with Crippen molar-refractivity contribution < 1.29 is 18.0 Å². The molecule has 1 aromatic carbocycles. The molecule has 1 N–H and O–H groups in total. The standard InChI is InChI=1S/C13H9F3N2O/c14-13(15,16)10-3-1-2-4-11(10)18-12(19)9-5-7-17-8-6-9/h1-8H,(H,18,19). The fraction of sp³-hybridized carbons (Fsp3) is 0.0769.